The summed E-state index contributed by atoms with van der Waals surface area (Å²) in [5.74, 6) is 0. The molecule has 0 spiro atoms. The zero-order valence-corrected chi connectivity index (χ0v) is 9.51. The minimum Gasteiger partial charge on any atom is 0 e. The first-order valence-corrected chi connectivity index (χ1v) is 8.29. The second-order valence-electron chi connectivity index (χ2n) is 0.924. The molecule has 2 N–H and O–H groups in total. The van der Waals surface area contributed by atoms with E-state index in [9.17, 15) is 16.8 Å². The molecule has 0 aromatic heterocycles. The van der Waals surface area contributed by atoms with Crippen LogP contribution in [0.25, 0.3) is 0 Å². The Balaban J connectivity index is 0. The summed E-state index contributed by atoms with van der Waals surface area (Å²) in [6.45, 7) is 0. The van der Waals surface area contributed by atoms with Crippen LogP contribution in [0.2, 0.25) is 0 Å². The van der Waals surface area contributed by atoms with Crippen molar-refractivity contribution in [3.63, 3.8) is 0 Å². The zero-order valence-electron chi connectivity index (χ0n) is 4.16. The molecule has 0 heterocycles. The van der Waals surface area contributed by atoms with Gasteiger partial charge >= 0.3 is 55.7 Å². The molecule has 10 heavy (non-hydrogen) atoms. The SMILES string of the molecule is O=S(=O)(O)[Se]S(=O)(=O)O.[Mo]. The van der Waals surface area contributed by atoms with Gasteiger partial charge in [0.05, 0.1) is 0 Å². The van der Waals surface area contributed by atoms with Crippen LogP contribution in [0.5, 0.6) is 0 Å². The molecule has 0 aromatic carbocycles. The van der Waals surface area contributed by atoms with Crippen LogP contribution in [0.4, 0.5) is 0 Å². The summed E-state index contributed by atoms with van der Waals surface area (Å²) in [4.78, 5) is 0. The average molecular weight is 337 g/mol. The molecule has 0 unspecified atom stereocenters. The minimum atomic E-state index is -4.56. The molecule has 0 bridgehead atoms. The third-order valence-electron chi connectivity index (χ3n) is 0.172. The van der Waals surface area contributed by atoms with Gasteiger partial charge in [0.2, 0.25) is 0 Å². The Bertz CT molecular complexity index is 241. The van der Waals surface area contributed by atoms with Crippen molar-refractivity contribution >= 4 is 29.8 Å². The van der Waals surface area contributed by atoms with Crippen molar-refractivity contribution in [1.82, 2.24) is 0 Å². The Morgan fingerprint density at radius 2 is 1.10 bits per heavy atom. The molecule has 0 aromatic rings. The van der Waals surface area contributed by atoms with Crippen LogP contribution in [-0.2, 0) is 38.1 Å². The van der Waals surface area contributed by atoms with Crippen LogP contribution in [0.15, 0.2) is 0 Å². The molecule has 0 radical (unpaired) electrons. The van der Waals surface area contributed by atoms with Gasteiger partial charge < -0.3 is 0 Å². The molecule has 0 aliphatic carbocycles. The van der Waals surface area contributed by atoms with Gasteiger partial charge in [-0.3, -0.25) is 0 Å². The molecule has 10 heteroatoms. The van der Waals surface area contributed by atoms with Crippen molar-refractivity contribution in [3.8, 4) is 0 Å². The summed E-state index contributed by atoms with van der Waals surface area (Å²) in [5, 5.41) is 0. The quantitative estimate of drug-likeness (QED) is 0.459. The van der Waals surface area contributed by atoms with Crippen molar-refractivity contribution in [2.24, 2.45) is 0 Å². The van der Waals surface area contributed by atoms with Gasteiger partial charge in [-0.15, -0.1) is 0 Å². The summed E-state index contributed by atoms with van der Waals surface area (Å²) < 4.78 is 54.4. The van der Waals surface area contributed by atoms with Gasteiger partial charge in [0, 0.05) is 21.1 Å². The van der Waals surface area contributed by atoms with Gasteiger partial charge in [0.1, 0.15) is 0 Å². The molecule has 0 fully saturated rings. The standard InChI is InChI=1S/Mo.H2O6S2Se/c;1-7(2,3)9-8(4,5)6/h;(H,1,2,3)(H,4,5,6). The van der Waals surface area contributed by atoms with Crippen LogP contribution in [-0.4, -0.2) is 38.7 Å². The molecular weight excluding hydrogens is 335 g/mol. The molecule has 0 saturated heterocycles. The summed E-state index contributed by atoms with van der Waals surface area (Å²) in [5.41, 5.74) is 0. The minimum absolute atomic E-state index is 0. The Morgan fingerprint density at radius 1 is 0.900 bits per heavy atom. The number of hydrogen-bond donors (Lipinski definition) is 2. The van der Waals surface area contributed by atoms with Crippen LogP contribution in [0, 0.1) is 0 Å². The predicted molar refractivity (Wildman–Crippen MR) is 28.9 cm³/mol. The van der Waals surface area contributed by atoms with Gasteiger partial charge in [-0.05, 0) is 0 Å². The van der Waals surface area contributed by atoms with E-state index in [0.717, 1.165) is 0 Å². The van der Waals surface area contributed by atoms with E-state index in [4.69, 9.17) is 9.11 Å². The van der Waals surface area contributed by atoms with E-state index >= 15 is 0 Å². The van der Waals surface area contributed by atoms with Crippen molar-refractivity contribution in [2.45, 2.75) is 0 Å². The summed E-state index contributed by atoms with van der Waals surface area (Å²) in [7, 11) is -9.11. The van der Waals surface area contributed by atoms with Crippen LogP contribution in [0.1, 0.15) is 0 Å². The number of rotatable bonds is 2. The molecular formula is H2MoO6S2Se. The molecule has 0 atom stereocenters. The number of hydrogen-bond acceptors (Lipinski definition) is 4. The smallest absolute Gasteiger partial charge is 0 e. The molecule has 0 rings (SSSR count). The maximum Gasteiger partial charge on any atom is 0 e. The van der Waals surface area contributed by atoms with E-state index in [1.165, 1.54) is 0 Å². The molecule has 0 amide bonds. The Labute approximate surface area is 76.4 Å². The van der Waals surface area contributed by atoms with Gasteiger partial charge in [-0.1, -0.05) is 0 Å². The second kappa shape index (κ2) is 4.15. The Kier molecular flexibility index (Phi) is 5.65. The Morgan fingerprint density at radius 3 is 1.10 bits per heavy atom. The van der Waals surface area contributed by atoms with Gasteiger partial charge in [-0.2, -0.15) is 0 Å². The van der Waals surface area contributed by atoms with Crippen molar-refractivity contribution < 1.29 is 47.0 Å². The van der Waals surface area contributed by atoms with E-state index in [0.29, 0.717) is 0 Å². The fraction of sp³-hybridized carbons (Fsp3) is 0. The van der Waals surface area contributed by atoms with Gasteiger partial charge in [0.25, 0.3) is 0 Å². The Hall–Kier alpha value is 1.03. The second-order valence-corrected chi connectivity index (χ2v) is 11.1. The predicted octanol–water partition coefficient (Wildman–Crippen LogP) is -1.71. The maximum atomic E-state index is 9.69. The van der Waals surface area contributed by atoms with E-state index < -0.39 is 29.8 Å². The van der Waals surface area contributed by atoms with E-state index in [2.05, 4.69) is 0 Å². The van der Waals surface area contributed by atoms with Gasteiger partial charge in [-0.25, -0.2) is 0 Å². The van der Waals surface area contributed by atoms with Crippen LogP contribution >= 0.6 is 0 Å². The van der Waals surface area contributed by atoms with E-state index in [1.54, 1.807) is 0 Å². The maximum absolute atomic E-state index is 9.69. The first-order chi connectivity index (χ1) is 3.71. The largest absolute Gasteiger partial charge is 0 e. The first kappa shape index (κ1) is 13.6. The molecule has 62 valence electrons. The third kappa shape index (κ3) is 11.8. The van der Waals surface area contributed by atoms with Gasteiger partial charge in [0.15, 0.2) is 0 Å². The fourth-order valence-corrected chi connectivity index (χ4v) is 5.08. The third-order valence-corrected chi connectivity index (χ3v) is 8.04. The summed E-state index contributed by atoms with van der Waals surface area (Å²) in [6.07, 6.45) is 0. The van der Waals surface area contributed by atoms with E-state index in [1.807, 2.05) is 0 Å². The molecule has 0 aliphatic rings. The fourth-order valence-electron chi connectivity index (χ4n) is 0.109. The molecule has 0 aliphatic heterocycles. The summed E-state index contributed by atoms with van der Waals surface area (Å²) >= 11 is -2.19. The zero-order chi connectivity index (χ0) is 7.71. The average Bonchev–Trinajstić information content (AvgIpc) is 1.14. The van der Waals surface area contributed by atoms with Crippen molar-refractivity contribution in [1.29, 1.82) is 0 Å². The van der Waals surface area contributed by atoms with Crippen LogP contribution < -0.4 is 0 Å². The monoisotopic (exact) mass is 340 g/mol. The molecule has 0 saturated carbocycles. The van der Waals surface area contributed by atoms with Crippen molar-refractivity contribution in [2.75, 3.05) is 0 Å². The van der Waals surface area contributed by atoms with Crippen molar-refractivity contribution in [3.05, 3.63) is 0 Å². The first-order valence-electron chi connectivity index (χ1n) is 1.37. The van der Waals surface area contributed by atoms with E-state index in [-0.39, 0.29) is 21.1 Å². The topological polar surface area (TPSA) is 109 Å². The normalized spacial score (nSPS) is 12.2. The molecule has 6 nitrogen and oxygen atoms in total. The summed E-state index contributed by atoms with van der Waals surface area (Å²) in [6, 6.07) is 0. The van der Waals surface area contributed by atoms with Crippen LogP contribution in [0.3, 0.4) is 0 Å².